The Kier molecular flexibility index (Phi) is 5.23. The Morgan fingerprint density at radius 2 is 1.50 bits per heavy atom. The molecule has 1 aliphatic rings. The molecule has 0 saturated carbocycles. The number of piperidine rings is 1. The minimum absolute atomic E-state index is 1.27. The molecule has 0 unspecified atom stereocenters. The molecule has 0 amide bonds. The lowest BCUT2D eigenvalue weighted by Crippen LogP contribution is -2.44. The van der Waals surface area contributed by atoms with Crippen LogP contribution in [0.2, 0.25) is 38.8 Å². The average molecular weight is 260 g/mol. The molecule has 96 valence electrons. The van der Waals surface area contributed by atoms with E-state index in [0.717, 1.165) is 0 Å². The van der Waals surface area contributed by atoms with Crippen molar-refractivity contribution in [2.75, 3.05) is 19.6 Å². The fourth-order valence-electron chi connectivity index (χ4n) is 2.49. The van der Waals surface area contributed by atoms with Crippen molar-refractivity contribution in [3.63, 3.8) is 0 Å². The Balaban J connectivity index is 2.29. The zero-order chi connectivity index (χ0) is 12.2. The summed E-state index contributed by atoms with van der Waals surface area (Å²) >= 11 is 0. The van der Waals surface area contributed by atoms with Gasteiger partial charge >= 0.3 is 0 Å². The van der Waals surface area contributed by atoms with E-state index in [9.17, 15) is 0 Å². The van der Waals surface area contributed by atoms with Crippen LogP contribution < -0.4 is 0 Å². The lowest BCUT2D eigenvalue weighted by atomic mass is 10.1. The molecular weight excluding hydrogens is 230 g/mol. The summed E-state index contributed by atoms with van der Waals surface area (Å²) in [5, 5.41) is 0. The third-order valence-corrected chi connectivity index (χ3v) is 9.15. The number of likely N-dealkylation sites (tertiary alicyclic amines) is 1. The van der Waals surface area contributed by atoms with Gasteiger partial charge < -0.3 is 9.02 Å². The predicted octanol–water partition coefficient (Wildman–Crippen LogP) is 3.53. The Morgan fingerprint density at radius 3 is 2.00 bits per heavy atom. The Morgan fingerprint density at radius 1 is 0.938 bits per heavy atom. The molecule has 1 aliphatic heterocycles. The molecule has 0 radical (unpaired) electrons. The second-order valence-electron chi connectivity index (χ2n) is 6.63. The van der Waals surface area contributed by atoms with Gasteiger partial charge in [-0.3, -0.25) is 0 Å². The third-order valence-electron chi connectivity index (χ3n) is 3.06. The molecule has 2 nitrogen and oxygen atoms in total. The van der Waals surface area contributed by atoms with E-state index in [2.05, 4.69) is 37.6 Å². The molecule has 0 aromatic carbocycles. The molecule has 0 aromatic heterocycles. The van der Waals surface area contributed by atoms with Crippen LogP contribution in [0.4, 0.5) is 0 Å². The van der Waals surface area contributed by atoms with E-state index >= 15 is 0 Å². The fraction of sp³-hybridized carbons (Fsp3) is 1.00. The summed E-state index contributed by atoms with van der Waals surface area (Å²) in [6, 6.07) is 1.30. The van der Waals surface area contributed by atoms with Gasteiger partial charge in [-0.2, -0.15) is 0 Å². The van der Waals surface area contributed by atoms with Gasteiger partial charge in [0.15, 0.2) is 16.6 Å². The minimum Gasteiger partial charge on any atom is -0.456 e. The highest BCUT2D eigenvalue weighted by Crippen LogP contribution is 2.19. The van der Waals surface area contributed by atoms with Gasteiger partial charge in [-0.1, -0.05) is 6.42 Å². The first-order valence-corrected chi connectivity index (χ1v) is 13.2. The van der Waals surface area contributed by atoms with Crippen molar-refractivity contribution in [2.24, 2.45) is 0 Å². The standard InChI is InChI=1S/C12H29NOSi2/c1-15(2,3)14-16(4,5)12-11-13-9-7-6-8-10-13/h6-12H2,1-5H3. The molecule has 16 heavy (non-hydrogen) atoms. The van der Waals surface area contributed by atoms with Crippen LogP contribution in [-0.2, 0) is 4.12 Å². The highest BCUT2D eigenvalue weighted by Gasteiger charge is 2.29. The largest absolute Gasteiger partial charge is 0.456 e. The van der Waals surface area contributed by atoms with Crippen LogP contribution in [0.5, 0.6) is 0 Å². The first kappa shape index (κ1) is 14.4. The number of rotatable bonds is 5. The lowest BCUT2D eigenvalue weighted by Gasteiger charge is -2.34. The van der Waals surface area contributed by atoms with Crippen LogP contribution >= 0.6 is 0 Å². The first-order valence-electron chi connectivity index (χ1n) is 6.71. The molecule has 1 saturated heterocycles. The van der Waals surface area contributed by atoms with Crippen LogP contribution in [0, 0.1) is 0 Å². The highest BCUT2D eigenvalue weighted by atomic mass is 28.4. The Hall–Kier alpha value is 0.354. The normalized spacial score (nSPS) is 20.1. The minimum atomic E-state index is -1.40. The summed E-state index contributed by atoms with van der Waals surface area (Å²) in [7, 11) is -2.74. The number of hydrogen-bond donors (Lipinski definition) is 0. The van der Waals surface area contributed by atoms with Crippen molar-refractivity contribution in [3.8, 4) is 0 Å². The van der Waals surface area contributed by atoms with Gasteiger partial charge in [0.25, 0.3) is 0 Å². The quantitative estimate of drug-likeness (QED) is 0.700. The van der Waals surface area contributed by atoms with E-state index in [1.165, 1.54) is 44.9 Å². The summed E-state index contributed by atoms with van der Waals surface area (Å²) in [5.74, 6) is 0. The summed E-state index contributed by atoms with van der Waals surface area (Å²) in [4.78, 5) is 2.63. The van der Waals surface area contributed by atoms with Crippen LogP contribution in [0.15, 0.2) is 0 Å². The van der Waals surface area contributed by atoms with Gasteiger partial charge in [0.2, 0.25) is 0 Å². The second-order valence-corrected chi connectivity index (χ2v) is 15.7. The van der Waals surface area contributed by atoms with E-state index in [1.54, 1.807) is 0 Å². The zero-order valence-electron chi connectivity index (χ0n) is 11.8. The second kappa shape index (κ2) is 5.80. The Labute approximate surface area is 104 Å². The molecule has 1 heterocycles. The molecule has 4 heteroatoms. The molecule has 0 spiro atoms. The molecule has 0 N–H and O–H groups in total. The van der Waals surface area contributed by atoms with E-state index in [0.29, 0.717) is 0 Å². The Bertz CT molecular complexity index is 208. The van der Waals surface area contributed by atoms with Crippen LogP contribution in [-0.4, -0.2) is 41.2 Å². The maximum Gasteiger partial charge on any atom is 0.174 e. The monoisotopic (exact) mass is 259 g/mol. The van der Waals surface area contributed by atoms with Crippen molar-refractivity contribution in [3.05, 3.63) is 0 Å². The fourth-order valence-corrected chi connectivity index (χ4v) is 10.4. The van der Waals surface area contributed by atoms with Crippen molar-refractivity contribution >= 4 is 16.6 Å². The zero-order valence-corrected chi connectivity index (χ0v) is 13.8. The molecule has 0 bridgehead atoms. The highest BCUT2D eigenvalue weighted by molar-refractivity contribution is 6.84. The lowest BCUT2D eigenvalue weighted by molar-refractivity contribution is 0.237. The van der Waals surface area contributed by atoms with Crippen molar-refractivity contribution in [1.82, 2.24) is 4.90 Å². The summed E-state index contributed by atoms with van der Waals surface area (Å²) in [5.41, 5.74) is 0. The predicted molar refractivity (Wildman–Crippen MR) is 77.0 cm³/mol. The molecular formula is C12H29NOSi2. The summed E-state index contributed by atoms with van der Waals surface area (Å²) < 4.78 is 6.37. The van der Waals surface area contributed by atoms with E-state index < -0.39 is 16.6 Å². The molecule has 1 rings (SSSR count). The van der Waals surface area contributed by atoms with Gasteiger partial charge in [-0.05, 0) is 71.3 Å². The maximum atomic E-state index is 6.37. The van der Waals surface area contributed by atoms with E-state index in [4.69, 9.17) is 4.12 Å². The van der Waals surface area contributed by atoms with Crippen molar-refractivity contribution in [1.29, 1.82) is 0 Å². The van der Waals surface area contributed by atoms with Gasteiger partial charge in [0.1, 0.15) is 0 Å². The van der Waals surface area contributed by atoms with Crippen LogP contribution in [0.1, 0.15) is 19.3 Å². The van der Waals surface area contributed by atoms with Gasteiger partial charge in [-0.15, -0.1) is 0 Å². The molecule has 0 aliphatic carbocycles. The van der Waals surface area contributed by atoms with E-state index in [1.807, 2.05) is 0 Å². The van der Waals surface area contributed by atoms with Gasteiger partial charge in [-0.25, -0.2) is 0 Å². The number of nitrogens with zero attached hydrogens (tertiary/aromatic N) is 1. The van der Waals surface area contributed by atoms with Gasteiger partial charge in [0.05, 0.1) is 0 Å². The molecule has 0 aromatic rings. The van der Waals surface area contributed by atoms with Crippen LogP contribution in [0.3, 0.4) is 0 Å². The van der Waals surface area contributed by atoms with Crippen LogP contribution in [0.25, 0.3) is 0 Å². The topological polar surface area (TPSA) is 12.5 Å². The summed E-state index contributed by atoms with van der Waals surface area (Å²) in [6.45, 7) is 15.6. The van der Waals surface area contributed by atoms with E-state index in [-0.39, 0.29) is 0 Å². The smallest absolute Gasteiger partial charge is 0.174 e. The third kappa shape index (κ3) is 6.18. The number of hydrogen-bond acceptors (Lipinski definition) is 2. The molecule has 0 atom stereocenters. The first-order chi connectivity index (χ1) is 7.29. The average Bonchev–Trinajstić information content (AvgIpc) is 2.13. The van der Waals surface area contributed by atoms with Gasteiger partial charge in [0, 0.05) is 0 Å². The molecule has 1 fully saturated rings. The van der Waals surface area contributed by atoms with Crippen molar-refractivity contribution < 1.29 is 4.12 Å². The SMILES string of the molecule is C[Si](C)(C)O[Si](C)(C)CCN1CCCCC1. The van der Waals surface area contributed by atoms with Crippen molar-refractivity contribution in [2.45, 2.75) is 58.0 Å². The maximum absolute atomic E-state index is 6.37. The summed E-state index contributed by atoms with van der Waals surface area (Å²) in [6.07, 6.45) is 4.23.